The van der Waals surface area contributed by atoms with E-state index in [0.717, 1.165) is 63.0 Å². The highest BCUT2D eigenvalue weighted by Crippen LogP contribution is 2.39. The SMILES string of the molecule is Cc1ccc2oc(-c3ccc(Cl)cc3)c/c(=N\c3sc4c(c3C#N)CCCC4)c2c1. The van der Waals surface area contributed by atoms with Gasteiger partial charge in [0.15, 0.2) is 0 Å². The zero-order chi connectivity index (χ0) is 20.7. The minimum Gasteiger partial charge on any atom is -0.456 e. The van der Waals surface area contributed by atoms with Gasteiger partial charge in [-0.3, -0.25) is 0 Å². The average Bonchev–Trinajstić information content (AvgIpc) is 3.11. The van der Waals surface area contributed by atoms with Crippen molar-refractivity contribution >= 4 is 38.9 Å². The van der Waals surface area contributed by atoms with Gasteiger partial charge in [-0.1, -0.05) is 23.2 Å². The Bertz CT molecular complexity index is 1370. The summed E-state index contributed by atoms with van der Waals surface area (Å²) < 4.78 is 6.19. The molecule has 148 valence electrons. The van der Waals surface area contributed by atoms with Gasteiger partial charge in [0.25, 0.3) is 0 Å². The Labute approximate surface area is 183 Å². The Morgan fingerprint density at radius 1 is 1.07 bits per heavy atom. The van der Waals surface area contributed by atoms with Crippen LogP contribution >= 0.6 is 22.9 Å². The van der Waals surface area contributed by atoms with Crippen LogP contribution in [-0.2, 0) is 12.8 Å². The highest BCUT2D eigenvalue weighted by atomic mass is 35.5. The number of fused-ring (bicyclic) bond motifs is 2. The third-order valence-corrected chi connectivity index (χ3v) is 6.95. The highest BCUT2D eigenvalue weighted by Gasteiger charge is 2.20. The van der Waals surface area contributed by atoms with Gasteiger partial charge in [-0.15, -0.1) is 11.3 Å². The van der Waals surface area contributed by atoms with E-state index in [2.05, 4.69) is 19.1 Å². The first-order valence-corrected chi connectivity index (χ1v) is 11.2. The maximum atomic E-state index is 9.82. The summed E-state index contributed by atoms with van der Waals surface area (Å²) in [6, 6.07) is 18.1. The Morgan fingerprint density at radius 2 is 1.87 bits per heavy atom. The maximum absolute atomic E-state index is 9.82. The van der Waals surface area contributed by atoms with Gasteiger partial charge < -0.3 is 4.42 Å². The first kappa shape index (κ1) is 19.1. The predicted molar refractivity (Wildman–Crippen MR) is 122 cm³/mol. The van der Waals surface area contributed by atoms with E-state index in [1.54, 1.807) is 11.3 Å². The third kappa shape index (κ3) is 3.45. The molecule has 0 saturated carbocycles. The molecule has 2 aromatic carbocycles. The molecule has 5 heteroatoms. The van der Waals surface area contributed by atoms with Crippen molar-refractivity contribution in [3.63, 3.8) is 0 Å². The van der Waals surface area contributed by atoms with E-state index < -0.39 is 0 Å². The fraction of sp³-hybridized carbons (Fsp3) is 0.200. The lowest BCUT2D eigenvalue weighted by Crippen LogP contribution is -2.03. The monoisotopic (exact) mass is 430 g/mol. The first-order chi connectivity index (χ1) is 14.6. The number of aryl methyl sites for hydroxylation is 2. The molecule has 0 amide bonds. The lowest BCUT2D eigenvalue weighted by molar-refractivity contribution is 0.618. The van der Waals surface area contributed by atoms with E-state index in [-0.39, 0.29) is 0 Å². The van der Waals surface area contributed by atoms with Crippen molar-refractivity contribution in [2.24, 2.45) is 4.99 Å². The summed E-state index contributed by atoms with van der Waals surface area (Å²) in [5.74, 6) is 0.724. The highest BCUT2D eigenvalue weighted by molar-refractivity contribution is 7.16. The molecule has 0 saturated heterocycles. The van der Waals surface area contributed by atoms with E-state index in [9.17, 15) is 5.26 Å². The molecule has 0 atom stereocenters. The number of nitrogens with zero attached hydrogens (tertiary/aromatic N) is 2. The standard InChI is InChI=1S/C25H19ClN2OS/c1-15-6-11-22-19(12-15)21(13-23(29-22)16-7-9-17(26)10-8-16)28-25-20(14-27)18-4-2-3-5-24(18)30-25/h6-13H,2-5H2,1H3/b28-21+. The summed E-state index contributed by atoms with van der Waals surface area (Å²) in [6.45, 7) is 2.06. The number of benzene rings is 2. The molecule has 0 radical (unpaired) electrons. The molecule has 2 aromatic heterocycles. The molecule has 2 heterocycles. The number of hydrogen-bond acceptors (Lipinski definition) is 4. The summed E-state index contributed by atoms with van der Waals surface area (Å²) >= 11 is 7.72. The molecule has 3 nitrogen and oxygen atoms in total. The van der Waals surface area contributed by atoms with Gasteiger partial charge in [-0.25, -0.2) is 4.99 Å². The molecule has 0 fully saturated rings. The minimum absolute atomic E-state index is 0.683. The molecule has 4 aromatic rings. The lowest BCUT2D eigenvalue weighted by atomic mass is 9.96. The summed E-state index contributed by atoms with van der Waals surface area (Å²) in [7, 11) is 0. The van der Waals surface area contributed by atoms with Gasteiger partial charge in [0, 0.05) is 26.9 Å². The number of rotatable bonds is 2. The molecular weight excluding hydrogens is 412 g/mol. The van der Waals surface area contributed by atoms with Crippen LogP contribution in [-0.4, -0.2) is 0 Å². The normalized spacial score (nSPS) is 14.0. The van der Waals surface area contributed by atoms with Crippen LogP contribution in [0.5, 0.6) is 0 Å². The van der Waals surface area contributed by atoms with E-state index in [4.69, 9.17) is 21.0 Å². The quantitative estimate of drug-likeness (QED) is 0.340. The summed E-state index contributed by atoms with van der Waals surface area (Å²) in [5.41, 5.74) is 4.78. The van der Waals surface area contributed by atoms with Crippen LogP contribution in [0.15, 0.2) is 57.9 Å². The van der Waals surface area contributed by atoms with Crippen molar-refractivity contribution in [1.29, 1.82) is 5.26 Å². The van der Waals surface area contributed by atoms with Gasteiger partial charge in [0.1, 0.15) is 22.4 Å². The number of thiophene rings is 1. The number of nitriles is 1. The van der Waals surface area contributed by atoms with Crippen LogP contribution in [0.1, 0.15) is 34.4 Å². The topological polar surface area (TPSA) is 49.3 Å². The number of halogens is 1. The molecule has 0 N–H and O–H groups in total. The van der Waals surface area contributed by atoms with Gasteiger partial charge in [-0.05, 0) is 74.6 Å². The molecular formula is C25H19ClN2OS. The molecule has 5 rings (SSSR count). The smallest absolute Gasteiger partial charge is 0.136 e. The van der Waals surface area contributed by atoms with Crippen molar-refractivity contribution < 1.29 is 4.42 Å². The van der Waals surface area contributed by atoms with Crippen LogP contribution in [0, 0.1) is 18.3 Å². The van der Waals surface area contributed by atoms with Crippen LogP contribution in [0.3, 0.4) is 0 Å². The summed E-state index contributed by atoms with van der Waals surface area (Å²) in [6.07, 6.45) is 4.35. The minimum atomic E-state index is 0.683. The van der Waals surface area contributed by atoms with Gasteiger partial charge in [0.05, 0.1) is 10.9 Å². The molecule has 30 heavy (non-hydrogen) atoms. The second-order valence-electron chi connectivity index (χ2n) is 7.62. The van der Waals surface area contributed by atoms with Crippen molar-refractivity contribution in [1.82, 2.24) is 0 Å². The fourth-order valence-electron chi connectivity index (χ4n) is 3.99. The number of hydrogen-bond donors (Lipinski definition) is 0. The van der Waals surface area contributed by atoms with Crippen molar-refractivity contribution in [2.45, 2.75) is 32.6 Å². The molecule has 0 aliphatic heterocycles. The first-order valence-electron chi connectivity index (χ1n) is 10.0. The molecule has 1 aliphatic rings. The van der Waals surface area contributed by atoms with E-state index in [0.29, 0.717) is 5.02 Å². The summed E-state index contributed by atoms with van der Waals surface area (Å²) in [4.78, 5) is 6.32. The Hall–Kier alpha value is -2.87. The molecule has 1 aliphatic carbocycles. The Kier molecular flexibility index (Phi) is 4.94. The third-order valence-electron chi connectivity index (χ3n) is 5.51. The van der Waals surface area contributed by atoms with Crippen molar-refractivity contribution in [3.05, 3.63) is 80.5 Å². The Balaban J connectivity index is 1.77. The largest absolute Gasteiger partial charge is 0.456 e. The Morgan fingerprint density at radius 3 is 2.67 bits per heavy atom. The van der Waals surface area contributed by atoms with Crippen molar-refractivity contribution in [3.8, 4) is 17.4 Å². The van der Waals surface area contributed by atoms with Crippen molar-refractivity contribution in [2.75, 3.05) is 0 Å². The van der Waals surface area contributed by atoms with Gasteiger partial charge in [-0.2, -0.15) is 5.26 Å². The van der Waals surface area contributed by atoms with E-state index in [1.165, 1.54) is 16.9 Å². The zero-order valence-corrected chi connectivity index (χ0v) is 18.1. The van der Waals surface area contributed by atoms with Crippen LogP contribution in [0.25, 0.3) is 22.3 Å². The second kappa shape index (κ2) is 7.75. The van der Waals surface area contributed by atoms with Crippen LogP contribution in [0.4, 0.5) is 5.00 Å². The average molecular weight is 431 g/mol. The van der Waals surface area contributed by atoms with E-state index >= 15 is 0 Å². The fourth-order valence-corrected chi connectivity index (χ4v) is 5.33. The second-order valence-corrected chi connectivity index (χ2v) is 9.14. The van der Waals surface area contributed by atoms with E-state index in [1.807, 2.05) is 42.5 Å². The van der Waals surface area contributed by atoms with Gasteiger partial charge in [0.2, 0.25) is 0 Å². The van der Waals surface area contributed by atoms with Crippen LogP contribution < -0.4 is 5.36 Å². The van der Waals surface area contributed by atoms with Crippen LogP contribution in [0.2, 0.25) is 5.02 Å². The zero-order valence-electron chi connectivity index (χ0n) is 16.5. The predicted octanol–water partition coefficient (Wildman–Crippen LogP) is 7.11. The maximum Gasteiger partial charge on any atom is 0.136 e. The molecule has 0 spiro atoms. The molecule has 0 unspecified atom stereocenters. The lowest BCUT2D eigenvalue weighted by Gasteiger charge is -2.09. The van der Waals surface area contributed by atoms with Gasteiger partial charge >= 0.3 is 0 Å². The molecule has 0 bridgehead atoms. The summed E-state index contributed by atoms with van der Waals surface area (Å²) in [5, 5.41) is 13.1.